The van der Waals surface area contributed by atoms with E-state index >= 15 is 0 Å². The first-order valence-corrected chi connectivity index (χ1v) is 10.5. The molecule has 1 amide bonds. The van der Waals surface area contributed by atoms with Gasteiger partial charge < -0.3 is 19.0 Å². The smallest absolute Gasteiger partial charge is 0.234 e. The molecular formula is C20H23ClN4O3S. The molecule has 0 unspecified atom stereocenters. The van der Waals surface area contributed by atoms with Crippen LogP contribution in [0.1, 0.15) is 17.7 Å². The summed E-state index contributed by atoms with van der Waals surface area (Å²) in [6.45, 7) is 5.11. The van der Waals surface area contributed by atoms with Crippen LogP contribution in [0.25, 0.3) is 11.4 Å². The van der Waals surface area contributed by atoms with Crippen molar-refractivity contribution in [2.24, 2.45) is 0 Å². The van der Waals surface area contributed by atoms with Gasteiger partial charge in [0.05, 0.1) is 17.6 Å². The Morgan fingerprint density at radius 1 is 1.31 bits per heavy atom. The van der Waals surface area contributed by atoms with Gasteiger partial charge in [0.1, 0.15) is 5.76 Å². The number of methoxy groups -OCH3 is 1. The van der Waals surface area contributed by atoms with Gasteiger partial charge in [0.15, 0.2) is 11.0 Å². The van der Waals surface area contributed by atoms with E-state index in [4.69, 9.17) is 20.8 Å². The maximum absolute atomic E-state index is 12.4. The number of ether oxygens (including phenoxy) is 1. The van der Waals surface area contributed by atoms with Gasteiger partial charge in [-0.3, -0.25) is 4.79 Å². The molecule has 2 aromatic heterocycles. The number of carbonyl (C=O) groups excluding carboxylic acids is 1. The lowest BCUT2D eigenvalue weighted by Crippen LogP contribution is -2.15. The molecule has 3 aromatic rings. The molecule has 0 bridgehead atoms. The maximum Gasteiger partial charge on any atom is 0.234 e. The summed E-state index contributed by atoms with van der Waals surface area (Å²) in [4.78, 5) is 12.4. The molecular weight excluding hydrogens is 412 g/mol. The standard InChI is InChI=1S/C20H23ClN4O3S/c1-13-5-6-15(11-17(13)21)22-18(26)12-29-20-24-23-19(16-7-10-28-14(16)2)25(20)8-4-9-27-3/h5-7,10-11H,4,8-9,12H2,1-3H3,(H,22,26). The molecule has 9 heteroatoms. The van der Waals surface area contributed by atoms with Crippen LogP contribution in [-0.2, 0) is 16.1 Å². The van der Waals surface area contributed by atoms with Gasteiger partial charge in [0, 0.05) is 31.0 Å². The van der Waals surface area contributed by atoms with E-state index in [0.717, 1.165) is 29.1 Å². The maximum atomic E-state index is 12.4. The van der Waals surface area contributed by atoms with E-state index in [1.54, 1.807) is 19.4 Å². The lowest BCUT2D eigenvalue weighted by molar-refractivity contribution is -0.113. The number of aryl methyl sites for hydroxylation is 2. The Morgan fingerprint density at radius 2 is 2.14 bits per heavy atom. The van der Waals surface area contributed by atoms with Gasteiger partial charge >= 0.3 is 0 Å². The van der Waals surface area contributed by atoms with Crippen molar-refractivity contribution in [2.75, 3.05) is 24.8 Å². The lowest BCUT2D eigenvalue weighted by Gasteiger charge is -2.10. The summed E-state index contributed by atoms with van der Waals surface area (Å²) in [5, 5.41) is 12.8. The Balaban J connectivity index is 1.70. The number of anilines is 1. The van der Waals surface area contributed by atoms with Gasteiger partial charge in [-0.2, -0.15) is 0 Å². The number of nitrogens with one attached hydrogen (secondary N) is 1. The summed E-state index contributed by atoms with van der Waals surface area (Å²) >= 11 is 7.46. The van der Waals surface area contributed by atoms with Gasteiger partial charge in [-0.25, -0.2) is 0 Å². The van der Waals surface area contributed by atoms with Crippen molar-refractivity contribution in [3.63, 3.8) is 0 Å². The highest BCUT2D eigenvalue weighted by Crippen LogP contribution is 2.27. The second-order valence-corrected chi connectivity index (χ2v) is 7.85. The van der Waals surface area contributed by atoms with Gasteiger partial charge in [-0.15, -0.1) is 10.2 Å². The molecule has 29 heavy (non-hydrogen) atoms. The van der Waals surface area contributed by atoms with Crippen LogP contribution in [0.15, 0.2) is 40.1 Å². The van der Waals surface area contributed by atoms with E-state index in [0.29, 0.717) is 29.0 Å². The Labute approximate surface area is 178 Å². The number of hydrogen-bond acceptors (Lipinski definition) is 6. The third-order valence-electron chi connectivity index (χ3n) is 4.33. The summed E-state index contributed by atoms with van der Waals surface area (Å²) in [7, 11) is 1.67. The summed E-state index contributed by atoms with van der Waals surface area (Å²) in [5.41, 5.74) is 2.52. The topological polar surface area (TPSA) is 82.2 Å². The van der Waals surface area contributed by atoms with E-state index in [9.17, 15) is 4.79 Å². The number of halogens is 1. The van der Waals surface area contributed by atoms with Gasteiger partial charge in [-0.05, 0) is 44.0 Å². The van der Waals surface area contributed by atoms with Crippen molar-refractivity contribution in [3.05, 3.63) is 46.9 Å². The van der Waals surface area contributed by atoms with Crippen LogP contribution in [0.4, 0.5) is 5.69 Å². The van der Waals surface area contributed by atoms with Crippen molar-refractivity contribution >= 4 is 35.0 Å². The molecule has 0 aliphatic rings. The van der Waals surface area contributed by atoms with Crippen molar-refractivity contribution in [1.82, 2.24) is 14.8 Å². The average Bonchev–Trinajstić information content (AvgIpc) is 3.29. The molecule has 0 saturated heterocycles. The quantitative estimate of drug-likeness (QED) is 0.392. The Hall–Kier alpha value is -2.29. The minimum Gasteiger partial charge on any atom is -0.469 e. The first-order valence-electron chi connectivity index (χ1n) is 9.15. The van der Waals surface area contributed by atoms with E-state index in [2.05, 4.69) is 15.5 Å². The van der Waals surface area contributed by atoms with Crippen LogP contribution in [0.3, 0.4) is 0 Å². The fourth-order valence-electron chi connectivity index (χ4n) is 2.78. The van der Waals surface area contributed by atoms with E-state index in [-0.39, 0.29) is 11.7 Å². The summed E-state index contributed by atoms with van der Waals surface area (Å²) < 4.78 is 12.6. The van der Waals surface area contributed by atoms with Gasteiger partial charge in [0.2, 0.25) is 5.91 Å². The molecule has 0 radical (unpaired) electrons. The number of carbonyl (C=O) groups is 1. The SMILES string of the molecule is COCCCn1c(SCC(=O)Nc2ccc(C)c(Cl)c2)nnc1-c1ccoc1C. The minimum absolute atomic E-state index is 0.137. The fourth-order valence-corrected chi connectivity index (χ4v) is 3.72. The number of furan rings is 1. The third kappa shape index (κ3) is 5.41. The third-order valence-corrected chi connectivity index (χ3v) is 5.71. The highest BCUT2D eigenvalue weighted by molar-refractivity contribution is 7.99. The van der Waals surface area contributed by atoms with Crippen molar-refractivity contribution < 1.29 is 13.9 Å². The number of hydrogen-bond donors (Lipinski definition) is 1. The zero-order valence-corrected chi connectivity index (χ0v) is 18.1. The molecule has 7 nitrogen and oxygen atoms in total. The predicted octanol–water partition coefficient (Wildman–Crippen LogP) is 4.58. The number of amides is 1. The summed E-state index contributed by atoms with van der Waals surface area (Å²) in [6.07, 6.45) is 2.44. The molecule has 3 rings (SSSR count). The molecule has 0 aliphatic carbocycles. The second kappa shape index (κ2) is 9.96. The van der Waals surface area contributed by atoms with Crippen LogP contribution >= 0.6 is 23.4 Å². The normalized spacial score (nSPS) is 11.0. The molecule has 0 fully saturated rings. The number of aromatic nitrogens is 3. The van der Waals surface area contributed by atoms with Crippen LogP contribution in [0.5, 0.6) is 0 Å². The van der Waals surface area contributed by atoms with Crippen LogP contribution in [-0.4, -0.2) is 40.1 Å². The zero-order valence-electron chi connectivity index (χ0n) is 16.6. The highest BCUT2D eigenvalue weighted by atomic mass is 35.5. The lowest BCUT2D eigenvalue weighted by atomic mass is 10.2. The van der Waals surface area contributed by atoms with E-state index in [1.165, 1.54) is 11.8 Å². The van der Waals surface area contributed by atoms with E-state index in [1.807, 2.05) is 36.6 Å². The molecule has 154 valence electrons. The van der Waals surface area contributed by atoms with Gasteiger partial charge in [0.25, 0.3) is 0 Å². The first-order chi connectivity index (χ1) is 14.0. The molecule has 0 saturated carbocycles. The first kappa shape index (κ1) is 21.4. The molecule has 0 atom stereocenters. The van der Waals surface area contributed by atoms with Crippen LogP contribution in [0.2, 0.25) is 5.02 Å². The number of nitrogens with zero attached hydrogens (tertiary/aromatic N) is 3. The van der Waals surface area contributed by atoms with Crippen LogP contribution < -0.4 is 5.32 Å². The van der Waals surface area contributed by atoms with Crippen LogP contribution in [0, 0.1) is 13.8 Å². The number of thioether (sulfide) groups is 1. The molecule has 0 aliphatic heterocycles. The Kier molecular flexibility index (Phi) is 7.35. The number of rotatable bonds is 9. The number of benzene rings is 1. The van der Waals surface area contributed by atoms with Crippen molar-refractivity contribution in [2.45, 2.75) is 32.0 Å². The molecule has 0 spiro atoms. The zero-order chi connectivity index (χ0) is 20.8. The fraction of sp³-hybridized carbons (Fsp3) is 0.350. The summed E-state index contributed by atoms with van der Waals surface area (Å²) in [6, 6.07) is 7.31. The second-order valence-electron chi connectivity index (χ2n) is 6.50. The molecule has 2 heterocycles. The predicted molar refractivity (Wildman–Crippen MR) is 114 cm³/mol. The van der Waals surface area contributed by atoms with Gasteiger partial charge in [-0.1, -0.05) is 29.4 Å². The largest absolute Gasteiger partial charge is 0.469 e. The van der Waals surface area contributed by atoms with E-state index < -0.39 is 0 Å². The minimum atomic E-state index is -0.137. The monoisotopic (exact) mass is 434 g/mol. The highest BCUT2D eigenvalue weighted by Gasteiger charge is 2.18. The van der Waals surface area contributed by atoms with Crippen molar-refractivity contribution in [1.29, 1.82) is 0 Å². The van der Waals surface area contributed by atoms with Crippen molar-refractivity contribution in [3.8, 4) is 11.4 Å². The summed E-state index contributed by atoms with van der Waals surface area (Å²) in [5.74, 6) is 1.57. The molecule has 1 aromatic carbocycles. The Bertz CT molecular complexity index is 986. The Morgan fingerprint density at radius 3 is 2.83 bits per heavy atom. The average molecular weight is 435 g/mol. The molecule has 1 N–H and O–H groups in total.